The molecule has 0 spiro atoms. The first kappa shape index (κ1) is 25.7. The molecule has 9 heteroatoms. The maximum absolute atomic E-state index is 13.3. The number of anilines is 1. The molecule has 0 unspecified atom stereocenters. The summed E-state index contributed by atoms with van der Waals surface area (Å²) in [6, 6.07) is 22.2. The Balaban J connectivity index is 0.000000292. The number of amides is 2. The van der Waals surface area contributed by atoms with E-state index in [9.17, 15) is 14.0 Å². The van der Waals surface area contributed by atoms with Crippen molar-refractivity contribution in [1.29, 1.82) is 0 Å². The second-order valence-electron chi connectivity index (χ2n) is 9.49. The molecule has 5 aromatic rings. The Morgan fingerprint density at radius 1 is 0.974 bits per heavy atom. The van der Waals surface area contributed by atoms with Crippen LogP contribution in [0.5, 0.6) is 0 Å². The third-order valence-electron chi connectivity index (χ3n) is 6.66. The van der Waals surface area contributed by atoms with Gasteiger partial charge in [-0.15, -0.1) is 0 Å². The normalized spacial score (nSPS) is 16.7. The number of carbonyl (C=O) groups excluding carboxylic acids is 2. The lowest BCUT2D eigenvalue weighted by Crippen LogP contribution is -2.28. The van der Waals surface area contributed by atoms with Gasteiger partial charge in [-0.1, -0.05) is 36.8 Å². The lowest BCUT2D eigenvalue weighted by atomic mass is 9.99. The maximum Gasteiger partial charge on any atom is 0.286 e. The van der Waals surface area contributed by atoms with Gasteiger partial charge in [-0.3, -0.25) is 9.59 Å². The Labute approximate surface area is 224 Å². The smallest absolute Gasteiger partial charge is 0.286 e. The van der Waals surface area contributed by atoms with E-state index in [0.29, 0.717) is 0 Å². The molecule has 8 nitrogen and oxygen atoms in total. The van der Waals surface area contributed by atoms with Gasteiger partial charge in [0.05, 0.1) is 23.4 Å². The number of nitrogens with two attached hydrogens (primary N) is 1. The molecule has 0 radical (unpaired) electrons. The summed E-state index contributed by atoms with van der Waals surface area (Å²) in [7, 11) is 0. The average Bonchev–Trinajstić information content (AvgIpc) is 3.50. The fourth-order valence-electron chi connectivity index (χ4n) is 4.79. The number of benzene rings is 3. The summed E-state index contributed by atoms with van der Waals surface area (Å²) in [6.45, 7) is 4.07. The van der Waals surface area contributed by atoms with Gasteiger partial charge in [0.15, 0.2) is 0 Å². The fraction of sp³-hybridized carbons (Fsp3) is 0.167. The zero-order chi connectivity index (χ0) is 27.5. The van der Waals surface area contributed by atoms with Crippen LogP contribution in [0.1, 0.15) is 41.1 Å². The van der Waals surface area contributed by atoms with E-state index in [0.717, 1.165) is 34.3 Å². The molecular weight excluding hydrogens is 495 g/mol. The molecule has 196 valence electrons. The van der Waals surface area contributed by atoms with Crippen LogP contribution in [0.4, 0.5) is 10.1 Å². The number of fused-ring (bicyclic) bond motifs is 1. The highest BCUT2D eigenvalue weighted by atomic mass is 19.1. The van der Waals surface area contributed by atoms with E-state index in [1.807, 2.05) is 36.1 Å². The van der Waals surface area contributed by atoms with E-state index >= 15 is 0 Å². The number of hydrogen-bond donors (Lipinski definition) is 1. The van der Waals surface area contributed by atoms with E-state index in [-0.39, 0.29) is 29.5 Å². The first-order valence-corrected chi connectivity index (χ1v) is 12.5. The third kappa shape index (κ3) is 5.38. The maximum atomic E-state index is 13.3. The summed E-state index contributed by atoms with van der Waals surface area (Å²) >= 11 is 0. The van der Waals surface area contributed by atoms with Crippen LogP contribution in [0.25, 0.3) is 16.6 Å². The highest BCUT2D eigenvalue weighted by Gasteiger charge is 2.38. The molecule has 0 bridgehead atoms. The molecule has 2 amide bonds. The van der Waals surface area contributed by atoms with Crippen LogP contribution >= 0.6 is 0 Å². The van der Waals surface area contributed by atoms with Gasteiger partial charge in [0.25, 0.3) is 5.91 Å². The van der Waals surface area contributed by atoms with Crippen LogP contribution in [0, 0.1) is 18.7 Å². The fourth-order valence-corrected chi connectivity index (χ4v) is 4.79. The minimum Gasteiger partial charge on any atom is -0.363 e. The lowest BCUT2D eigenvalue weighted by molar-refractivity contribution is -0.120. The van der Waals surface area contributed by atoms with Gasteiger partial charge in [0.1, 0.15) is 5.82 Å². The molecule has 0 aliphatic carbocycles. The number of halogens is 1. The quantitative estimate of drug-likeness (QED) is 0.351. The topological polar surface area (TPSA) is 107 Å². The predicted molar refractivity (Wildman–Crippen MR) is 147 cm³/mol. The number of hydrogen-bond acceptors (Lipinski definition) is 5. The zero-order valence-electron chi connectivity index (χ0n) is 21.5. The Kier molecular flexibility index (Phi) is 7.14. The van der Waals surface area contributed by atoms with Gasteiger partial charge in [0.2, 0.25) is 11.7 Å². The summed E-state index contributed by atoms with van der Waals surface area (Å²) in [4.78, 5) is 32.4. The van der Waals surface area contributed by atoms with Crippen molar-refractivity contribution in [2.75, 3.05) is 4.90 Å². The second-order valence-corrected chi connectivity index (χ2v) is 9.49. The first-order chi connectivity index (χ1) is 18.8. The van der Waals surface area contributed by atoms with Crippen molar-refractivity contribution in [3.63, 3.8) is 0 Å². The Hall–Kier alpha value is -4.92. The van der Waals surface area contributed by atoms with Gasteiger partial charge in [-0.2, -0.15) is 5.10 Å². The van der Waals surface area contributed by atoms with E-state index in [1.165, 1.54) is 30.1 Å². The molecule has 1 aliphatic rings. The number of rotatable bonds is 4. The number of primary amides is 1. The molecule has 1 aliphatic heterocycles. The van der Waals surface area contributed by atoms with Gasteiger partial charge in [-0.25, -0.2) is 19.0 Å². The monoisotopic (exact) mass is 522 g/mol. The van der Waals surface area contributed by atoms with Crippen LogP contribution < -0.4 is 10.6 Å². The van der Waals surface area contributed by atoms with E-state index in [1.54, 1.807) is 29.1 Å². The first-order valence-electron chi connectivity index (χ1n) is 12.5. The SMILES string of the molecule is Cc1cccc([C@@H]2C[C@H](C)C(=O)N2c2ccc3c(cnn3-c3ccc(F)cc3)c2)c1.NC(=O)c1ncccn1. The van der Waals surface area contributed by atoms with Crippen molar-refractivity contribution in [1.82, 2.24) is 19.7 Å². The van der Waals surface area contributed by atoms with Crippen LogP contribution in [-0.2, 0) is 4.79 Å². The molecule has 6 rings (SSSR count). The van der Waals surface area contributed by atoms with Crippen molar-refractivity contribution in [2.24, 2.45) is 11.7 Å². The largest absolute Gasteiger partial charge is 0.363 e. The molecule has 39 heavy (non-hydrogen) atoms. The molecule has 1 saturated heterocycles. The van der Waals surface area contributed by atoms with Crippen LogP contribution in [-0.4, -0.2) is 31.6 Å². The molecule has 1 fully saturated rings. The van der Waals surface area contributed by atoms with Crippen molar-refractivity contribution in [3.8, 4) is 5.69 Å². The third-order valence-corrected chi connectivity index (χ3v) is 6.66. The summed E-state index contributed by atoms with van der Waals surface area (Å²) in [5, 5.41) is 5.41. The Morgan fingerprint density at radius 2 is 1.69 bits per heavy atom. The molecule has 2 N–H and O–H groups in total. The molecule has 2 atom stereocenters. The van der Waals surface area contributed by atoms with Crippen LogP contribution in [0.2, 0.25) is 0 Å². The molecule has 3 aromatic carbocycles. The van der Waals surface area contributed by atoms with Crippen molar-refractivity contribution < 1.29 is 14.0 Å². The van der Waals surface area contributed by atoms with Crippen LogP contribution in [0.15, 0.2) is 91.4 Å². The van der Waals surface area contributed by atoms with E-state index in [4.69, 9.17) is 5.73 Å². The summed E-state index contributed by atoms with van der Waals surface area (Å²) in [5.74, 6) is -0.700. The van der Waals surface area contributed by atoms with Crippen LogP contribution in [0.3, 0.4) is 0 Å². The number of aryl methyl sites for hydroxylation is 1. The van der Waals surface area contributed by atoms with E-state index in [2.05, 4.69) is 40.2 Å². The molecule has 0 saturated carbocycles. The molecule has 3 heterocycles. The van der Waals surface area contributed by atoms with Crippen molar-refractivity contribution in [3.05, 3.63) is 114 Å². The minimum absolute atomic E-state index is 0.0202. The lowest BCUT2D eigenvalue weighted by Gasteiger charge is -2.25. The highest BCUT2D eigenvalue weighted by Crippen LogP contribution is 2.40. The predicted octanol–water partition coefficient (Wildman–Crippen LogP) is 5.16. The average molecular weight is 523 g/mol. The number of nitrogens with zero attached hydrogens (tertiary/aromatic N) is 5. The van der Waals surface area contributed by atoms with Gasteiger partial charge < -0.3 is 10.6 Å². The van der Waals surface area contributed by atoms with Gasteiger partial charge in [-0.05, 0) is 67.4 Å². The Morgan fingerprint density at radius 3 is 2.36 bits per heavy atom. The minimum atomic E-state index is -0.601. The van der Waals surface area contributed by atoms with E-state index < -0.39 is 5.91 Å². The number of aromatic nitrogens is 4. The van der Waals surface area contributed by atoms with Crippen molar-refractivity contribution >= 4 is 28.4 Å². The van der Waals surface area contributed by atoms with Crippen molar-refractivity contribution in [2.45, 2.75) is 26.3 Å². The van der Waals surface area contributed by atoms with Gasteiger partial charge >= 0.3 is 0 Å². The zero-order valence-corrected chi connectivity index (χ0v) is 21.5. The summed E-state index contributed by atoms with van der Waals surface area (Å²) in [6.07, 6.45) is 5.52. The van der Waals surface area contributed by atoms with Gasteiger partial charge in [0, 0.05) is 29.4 Å². The number of carbonyl (C=O) groups is 2. The Bertz CT molecular complexity index is 1630. The highest BCUT2D eigenvalue weighted by molar-refractivity contribution is 6.00. The molecular formula is C30H27FN6O2. The summed E-state index contributed by atoms with van der Waals surface area (Å²) < 4.78 is 15.1. The standard InChI is InChI=1S/C25H22FN3O.C5H5N3O/c1-16-4-3-5-18(12-16)24-13-17(2)25(30)28(24)22-10-11-23-19(14-22)15-27-29(23)21-8-6-20(26)7-9-21;6-4(9)5-7-2-1-3-8-5/h3-12,14-15,17,24H,13H2,1-2H3;1-3H,(H2,6,9)/t17-,24-;/m0./s1. The summed E-state index contributed by atoms with van der Waals surface area (Å²) in [5.41, 5.74) is 9.79. The second kappa shape index (κ2) is 10.8. The molecule has 2 aromatic heterocycles.